The van der Waals surface area contributed by atoms with Gasteiger partial charge in [0, 0.05) is 39.6 Å². The number of hydrogen-bond donors (Lipinski definition) is 1. The van der Waals surface area contributed by atoms with Gasteiger partial charge < -0.3 is 15.0 Å². The van der Waals surface area contributed by atoms with E-state index in [-0.39, 0.29) is 6.54 Å². The lowest BCUT2D eigenvalue weighted by Crippen LogP contribution is -2.47. The zero-order chi connectivity index (χ0) is 20.1. The summed E-state index contributed by atoms with van der Waals surface area (Å²) in [6, 6.07) is 5.49. The van der Waals surface area contributed by atoms with Crippen molar-refractivity contribution in [1.82, 2.24) is 10.2 Å². The molecule has 0 spiro atoms. The van der Waals surface area contributed by atoms with Gasteiger partial charge in [-0.3, -0.25) is 4.99 Å². The van der Waals surface area contributed by atoms with Crippen molar-refractivity contribution in [1.29, 1.82) is 0 Å². The number of hydrogen-bond acceptors (Lipinski definition) is 4. The molecule has 0 unspecified atom stereocenters. The number of nitrogens with zero attached hydrogens (tertiary/aromatic N) is 2. The van der Waals surface area contributed by atoms with Gasteiger partial charge in [0.05, 0.1) is 21.3 Å². The molecule has 27 heavy (non-hydrogen) atoms. The normalized spacial score (nSPS) is 17.6. The summed E-state index contributed by atoms with van der Waals surface area (Å²) in [5.41, 5.74) is 0.987. The lowest BCUT2D eigenvalue weighted by molar-refractivity contribution is 0.0767. The Labute approximate surface area is 171 Å². The highest BCUT2D eigenvalue weighted by molar-refractivity contribution is 7.92. The fraction of sp³-hybridized carbons (Fsp3) is 0.611. The Morgan fingerprint density at radius 1 is 1.30 bits per heavy atom. The minimum absolute atomic E-state index is 0.212. The van der Waals surface area contributed by atoms with Crippen molar-refractivity contribution in [3.8, 4) is 0 Å². The van der Waals surface area contributed by atoms with Crippen molar-refractivity contribution in [2.75, 3.05) is 39.6 Å². The van der Waals surface area contributed by atoms with Crippen LogP contribution in [-0.4, -0.2) is 63.6 Å². The van der Waals surface area contributed by atoms with Gasteiger partial charge >= 0.3 is 0 Å². The van der Waals surface area contributed by atoms with Gasteiger partial charge in [-0.2, -0.15) is 0 Å². The molecule has 9 heteroatoms. The maximum absolute atomic E-state index is 12.4. The van der Waals surface area contributed by atoms with E-state index in [9.17, 15) is 8.42 Å². The van der Waals surface area contributed by atoms with Crippen LogP contribution in [0.1, 0.15) is 25.3 Å². The molecular formula is C18H27Cl2N3O3S. The molecule has 1 aromatic carbocycles. The average molecular weight is 436 g/mol. The molecule has 152 valence electrons. The average Bonchev–Trinajstić information content (AvgIpc) is 2.61. The van der Waals surface area contributed by atoms with Crippen LogP contribution in [0.15, 0.2) is 23.2 Å². The number of benzene rings is 1. The second-order valence-electron chi connectivity index (χ2n) is 6.84. The molecule has 0 aromatic heterocycles. The molecule has 6 nitrogen and oxygen atoms in total. The molecule has 1 fully saturated rings. The Balaban J connectivity index is 2.19. The number of rotatable bonds is 6. The van der Waals surface area contributed by atoms with Gasteiger partial charge in [-0.1, -0.05) is 29.3 Å². The molecular weight excluding hydrogens is 409 g/mol. The van der Waals surface area contributed by atoms with Crippen molar-refractivity contribution in [2.24, 2.45) is 4.99 Å². The fourth-order valence-corrected chi connectivity index (χ4v) is 4.59. The lowest BCUT2D eigenvalue weighted by atomic mass is 9.99. The van der Waals surface area contributed by atoms with Crippen LogP contribution in [0.4, 0.5) is 0 Å². The summed E-state index contributed by atoms with van der Waals surface area (Å²) >= 11 is 12.1. The molecule has 0 atom stereocenters. The van der Waals surface area contributed by atoms with E-state index in [1.54, 1.807) is 6.07 Å². The summed E-state index contributed by atoms with van der Waals surface area (Å²) in [7, 11) is -1.35. The predicted octanol–water partition coefficient (Wildman–Crippen LogP) is 2.98. The number of halogens is 2. The Hall–Kier alpha value is -1.02. The van der Waals surface area contributed by atoms with Gasteiger partial charge in [-0.25, -0.2) is 8.42 Å². The topological polar surface area (TPSA) is 71.0 Å². The van der Waals surface area contributed by atoms with Crippen molar-refractivity contribution in [3.05, 3.63) is 33.8 Å². The van der Waals surface area contributed by atoms with E-state index >= 15 is 0 Å². The quantitative estimate of drug-likeness (QED) is 0.549. The zero-order valence-electron chi connectivity index (χ0n) is 16.0. The molecule has 1 aromatic rings. The maximum Gasteiger partial charge on any atom is 0.194 e. The summed E-state index contributed by atoms with van der Waals surface area (Å²) in [5.74, 6) is 0.651. The minimum Gasteiger partial charge on any atom is -0.381 e. The lowest BCUT2D eigenvalue weighted by Gasteiger charge is -2.34. The van der Waals surface area contributed by atoms with Gasteiger partial charge in [0.15, 0.2) is 15.8 Å². The van der Waals surface area contributed by atoms with Crippen LogP contribution in [0.2, 0.25) is 10.0 Å². The summed E-state index contributed by atoms with van der Waals surface area (Å²) in [5, 5.41) is 4.24. The third-order valence-corrected chi connectivity index (χ3v) is 7.66. The van der Waals surface area contributed by atoms with Crippen LogP contribution in [0.3, 0.4) is 0 Å². The first-order valence-corrected chi connectivity index (χ1v) is 11.5. The molecule has 1 N–H and O–H groups in total. The summed E-state index contributed by atoms with van der Waals surface area (Å²) < 4.78 is 29.3. The van der Waals surface area contributed by atoms with E-state index in [0.29, 0.717) is 55.1 Å². The molecule has 1 aliphatic rings. The predicted molar refractivity (Wildman–Crippen MR) is 112 cm³/mol. The Morgan fingerprint density at radius 2 is 1.96 bits per heavy atom. The van der Waals surface area contributed by atoms with E-state index in [1.807, 2.05) is 31.0 Å². The maximum atomic E-state index is 12.4. The van der Waals surface area contributed by atoms with E-state index in [0.717, 1.165) is 5.56 Å². The molecule has 0 amide bonds. The minimum atomic E-state index is -3.26. The van der Waals surface area contributed by atoms with Crippen LogP contribution >= 0.6 is 23.2 Å². The molecule has 0 aliphatic carbocycles. The third-order valence-electron chi connectivity index (χ3n) is 4.81. The summed E-state index contributed by atoms with van der Waals surface area (Å²) in [6.45, 7) is 4.32. The van der Waals surface area contributed by atoms with Gasteiger partial charge in [-0.05, 0) is 37.5 Å². The molecule has 1 aliphatic heterocycles. The van der Waals surface area contributed by atoms with Crippen LogP contribution in [0.5, 0.6) is 0 Å². The molecule has 1 saturated heterocycles. The number of aliphatic imine (C=N–C) groups is 1. The van der Waals surface area contributed by atoms with E-state index < -0.39 is 14.6 Å². The molecule has 0 saturated carbocycles. The highest BCUT2D eigenvalue weighted by Gasteiger charge is 2.42. The molecule has 0 bridgehead atoms. The number of sulfone groups is 1. The van der Waals surface area contributed by atoms with Gasteiger partial charge in [0.25, 0.3) is 0 Å². The first-order valence-electron chi connectivity index (χ1n) is 8.89. The van der Waals surface area contributed by atoms with Gasteiger partial charge in [-0.15, -0.1) is 0 Å². The second-order valence-corrected chi connectivity index (χ2v) is 10.1. The molecule has 0 radical (unpaired) electrons. The number of ether oxygens (including phenoxy) is 1. The van der Waals surface area contributed by atoms with Crippen molar-refractivity contribution >= 4 is 39.0 Å². The second kappa shape index (κ2) is 9.45. The smallest absolute Gasteiger partial charge is 0.194 e. The fourth-order valence-electron chi connectivity index (χ4n) is 3.06. The van der Waals surface area contributed by atoms with Crippen LogP contribution in [0, 0.1) is 0 Å². The van der Waals surface area contributed by atoms with E-state index in [1.165, 1.54) is 6.26 Å². The first kappa shape index (κ1) is 22.3. The highest BCUT2D eigenvalue weighted by atomic mass is 35.5. The SMILES string of the molecule is CCNC(=NCC1(S(C)(=O)=O)CCOCC1)N(C)Cc1ccc(Cl)c(Cl)c1. The first-order chi connectivity index (χ1) is 12.7. The Bertz CT molecular complexity index is 778. The Morgan fingerprint density at radius 3 is 2.52 bits per heavy atom. The summed E-state index contributed by atoms with van der Waals surface area (Å²) in [4.78, 5) is 6.59. The number of guanidine groups is 1. The van der Waals surface area contributed by atoms with Crippen LogP contribution < -0.4 is 5.32 Å². The van der Waals surface area contributed by atoms with E-state index in [2.05, 4.69) is 10.3 Å². The molecule has 1 heterocycles. The van der Waals surface area contributed by atoms with Gasteiger partial charge in [0.2, 0.25) is 0 Å². The monoisotopic (exact) mass is 435 g/mol. The number of nitrogens with one attached hydrogen (secondary N) is 1. The molecule has 2 rings (SSSR count). The zero-order valence-corrected chi connectivity index (χ0v) is 18.3. The van der Waals surface area contributed by atoms with Crippen molar-refractivity contribution in [3.63, 3.8) is 0 Å². The highest BCUT2D eigenvalue weighted by Crippen LogP contribution is 2.30. The van der Waals surface area contributed by atoms with Crippen molar-refractivity contribution in [2.45, 2.75) is 31.1 Å². The third kappa shape index (κ3) is 5.73. The van der Waals surface area contributed by atoms with Crippen LogP contribution in [0.25, 0.3) is 0 Å². The summed E-state index contributed by atoms with van der Waals surface area (Å²) in [6.07, 6.45) is 2.22. The Kier molecular flexibility index (Phi) is 7.80. The van der Waals surface area contributed by atoms with E-state index in [4.69, 9.17) is 27.9 Å². The van der Waals surface area contributed by atoms with Crippen LogP contribution in [-0.2, 0) is 21.1 Å². The standard InChI is InChI=1S/C18H27Cl2N3O3S/c1-4-21-17(23(2)12-14-5-6-15(19)16(20)11-14)22-13-18(27(3,24)25)7-9-26-10-8-18/h5-6,11H,4,7-10,12-13H2,1-3H3,(H,21,22). The van der Waals surface area contributed by atoms with Gasteiger partial charge in [0.1, 0.15) is 0 Å². The largest absolute Gasteiger partial charge is 0.381 e. The van der Waals surface area contributed by atoms with Crippen molar-refractivity contribution < 1.29 is 13.2 Å².